The average Bonchev–Trinajstić information content (AvgIpc) is 3.41. The van der Waals surface area contributed by atoms with E-state index in [2.05, 4.69) is 0 Å². The molecule has 1 aromatic carbocycles. The molecule has 0 aromatic heterocycles. The van der Waals surface area contributed by atoms with E-state index in [-0.39, 0.29) is 17.7 Å². The molecule has 1 saturated heterocycles. The molecule has 2 aliphatic heterocycles. The minimum Gasteiger partial charge on any atom is -0.504 e. The van der Waals surface area contributed by atoms with Crippen LogP contribution < -0.4 is 0 Å². The highest BCUT2D eigenvalue weighted by Crippen LogP contribution is 2.49. The number of ether oxygens (including phenoxy) is 5. The Bertz CT molecular complexity index is 1350. The lowest BCUT2D eigenvalue weighted by Crippen LogP contribution is -2.60. The maximum atomic E-state index is 13.2. The third-order valence-corrected chi connectivity index (χ3v) is 8.93. The van der Waals surface area contributed by atoms with Crippen molar-refractivity contribution >= 4 is 18.0 Å². The number of esters is 2. The lowest BCUT2D eigenvalue weighted by Gasteiger charge is -2.43. The number of benzene rings is 1. The molecule has 18 nitrogen and oxygen atoms in total. The Morgan fingerprint density at radius 3 is 2.31 bits per heavy atom. The molecule has 2 heterocycles. The SMILES string of the molecule is C[C@H]1[C@H]2[C@H](O[C@@H]3O[C@H](CO)[C@@H](O)[C@H](O)[C@H]3O)OC=C(C(=O)OC[C@@H](O)[C@@H](O)[C@H](O)[C@H](O)CO)[C@H]2C[C@@H]1OC(=O)/C=C/c1ccc(O)c(O)c1. The Hall–Kier alpha value is -3.40. The van der Waals surface area contributed by atoms with Crippen LogP contribution in [0.2, 0.25) is 0 Å². The molecule has 274 valence electrons. The first-order valence-electron chi connectivity index (χ1n) is 15.4. The first-order chi connectivity index (χ1) is 23.2. The van der Waals surface area contributed by atoms with Gasteiger partial charge in [-0.1, -0.05) is 13.0 Å². The summed E-state index contributed by atoms with van der Waals surface area (Å²) in [5.41, 5.74) is 0.275. The molecule has 3 aliphatic rings. The topological polar surface area (TPSA) is 303 Å². The first kappa shape index (κ1) is 38.4. The van der Waals surface area contributed by atoms with E-state index in [0.29, 0.717) is 5.56 Å². The fourth-order valence-corrected chi connectivity index (χ4v) is 6.02. The summed E-state index contributed by atoms with van der Waals surface area (Å²) in [5, 5.41) is 108. The van der Waals surface area contributed by atoms with Crippen molar-refractivity contribution in [2.75, 3.05) is 19.8 Å². The molecule has 0 unspecified atom stereocenters. The van der Waals surface area contributed by atoms with Gasteiger partial charge in [0.1, 0.15) is 61.5 Å². The van der Waals surface area contributed by atoms with Gasteiger partial charge < -0.3 is 79.9 Å². The van der Waals surface area contributed by atoms with Gasteiger partial charge in [-0.15, -0.1) is 0 Å². The average molecular weight is 703 g/mol. The molecule has 11 N–H and O–H groups in total. The van der Waals surface area contributed by atoms with Crippen LogP contribution in [0.4, 0.5) is 0 Å². The Morgan fingerprint density at radius 1 is 0.959 bits per heavy atom. The summed E-state index contributed by atoms with van der Waals surface area (Å²) in [5.74, 6) is -4.83. The van der Waals surface area contributed by atoms with Crippen molar-refractivity contribution in [3.05, 3.63) is 41.7 Å². The summed E-state index contributed by atoms with van der Waals surface area (Å²) >= 11 is 0. The second-order valence-electron chi connectivity index (χ2n) is 12.1. The standard InChI is InChI=1S/C31H42O18/c1-12-20(47-22(38)5-3-13-2-4-16(34)17(35)6-13)7-14-15(29(44)45-11-19(37)25(40)24(39)18(36)8-32)10-46-30(23(12)14)49-31-28(43)27(42)26(41)21(9-33)48-31/h2-6,10,12,14,18-21,23-28,30-37,39-43H,7-9,11H2,1H3/b5-3+/t12-,14-,18-,19-,20+,21-,23-,24-,25-,26-,27+,28-,30+,31+/m1/s1. The fraction of sp³-hybridized carbons (Fsp3) is 0.613. The molecule has 0 amide bonds. The van der Waals surface area contributed by atoms with Gasteiger partial charge in [0.2, 0.25) is 6.29 Å². The van der Waals surface area contributed by atoms with Crippen molar-refractivity contribution < 1.29 is 89.4 Å². The van der Waals surface area contributed by atoms with Crippen molar-refractivity contribution in [2.45, 2.75) is 80.9 Å². The third kappa shape index (κ3) is 8.67. The molecule has 1 aliphatic carbocycles. The zero-order valence-corrected chi connectivity index (χ0v) is 26.2. The highest BCUT2D eigenvalue weighted by atomic mass is 16.8. The predicted octanol–water partition coefficient (Wildman–Crippen LogP) is -3.67. The molecule has 18 heteroatoms. The lowest BCUT2D eigenvalue weighted by molar-refractivity contribution is -0.342. The minimum atomic E-state index is -2.00. The van der Waals surface area contributed by atoms with Crippen LogP contribution in [0.5, 0.6) is 11.5 Å². The number of fused-ring (bicyclic) bond motifs is 1. The van der Waals surface area contributed by atoms with Gasteiger partial charge in [-0.25, -0.2) is 9.59 Å². The van der Waals surface area contributed by atoms with E-state index in [0.717, 1.165) is 12.3 Å². The molecule has 2 fully saturated rings. The molecule has 0 bridgehead atoms. The zero-order valence-electron chi connectivity index (χ0n) is 26.2. The molecular formula is C31H42O18. The van der Waals surface area contributed by atoms with Crippen LogP contribution in [0.25, 0.3) is 6.08 Å². The normalized spacial score (nSPS) is 33.9. The maximum Gasteiger partial charge on any atom is 0.337 e. The van der Waals surface area contributed by atoms with Crippen molar-refractivity contribution in [3.63, 3.8) is 0 Å². The van der Waals surface area contributed by atoms with Crippen LogP contribution in [0.15, 0.2) is 36.1 Å². The van der Waals surface area contributed by atoms with Gasteiger partial charge in [0.15, 0.2) is 17.8 Å². The molecular weight excluding hydrogens is 660 g/mol. The minimum absolute atomic E-state index is 0.0107. The van der Waals surface area contributed by atoms with Crippen LogP contribution >= 0.6 is 0 Å². The quantitative estimate of drug-likeness (QED) is 0.0536. The van der Waals surface area contributed by atoms with E-state index in [1.54, 1.807) is 6.92 Å². The van der Waals surface area contributed by atoms with Crippen molar-refractivity contribution in [3.8, 4) is 11.5 Å². The number of carbonyl (C=O) groups is 2. The predicted molar refractivity (Wildman–Crippen MR) is 159 cm³/mol. The largest absolute Gasteiger partial charge is 0.504 e. The zero-order chi connectivity index (χ0) is 36.2. The van der Waals surface area contributed by atoms with Gasteiger partial charge in [-0.2, -0.15) is 0 Å². The van der Waals surface area contributed by atoms with Gasteiger partial charge in [0.05, 0.1) is 25.0 Å². The number of hydrogen-bond acceptors (Lipinski definition) is 18. The summed E-state index contributed by atoms with van der Waals surface area (Å²) < 4.78 is 27.8. The third-order valence-electron chi connectivity index (χ3n) is 8.93. The summed E-state index contributed by atoms with van der Waals surface area (Å²) in [6.45, 7) is -0.815. The molecule has 1 saturated carbocycles. The number of phenolic OH excluding ortho intramolecular Hbond substituents is 2. The highest BCUT2D eigenvalue weighted by Gasteiger charge is 2.55. The van der Waals surface area contributed by atoms with Gasteiger partial charge >= 0.3 is 11.9 Å². The van der Waals surface area contributed by atoms with Gasteiger partial charge in [-0.05, 0) is 30.2 Å². The Morgan fingerprint density at radius 2 is 1.65 bits per heavy atom. The van der Waals surface area contributed by atoms with E-state index in [1.807, 2.05) is 0 Å². The van der Waals surface area contributed by atoms with E-state index in [1.165, 1.54) is 24.3 Å². The second kappa shape index (κ2) is 16.5. The van der Waals surface area contributed by atoms with Gasteiger partial charge in [-0.3, -0.25) is 0 Å². The monoisotopic (exact) mass is 702 g/mol. The van der Waals surface area contributed by atoms with Crippen molar-refractivity contribution in [1.29, 1.82) is 0 Å². The molecule has 1 aromatic rings. The van der Waals surface area contributed by atoms with Gasteiger partial charge in [0, 0.05) is 23.8 Å². The number of aliphatic hydroxyl groups excluding tert-OH is 9. The van der Waals surface area contributed by atoms with Crippen LogP contribution in [0, 0.1) is 17.8 Å². The summed E-state index contributed by atoms with van der Waals surface area (Å²) in [4.78, 5) is 26.0. The molecule has 4 rings (SSSR count). The summed E-state index contributed by atoms with van der Waals surface area (Å²) in [6.07, 6.45) is -14.5. The smallest absolute Gasteiger partial charge is 0.337 e. The van der Waals surface area contributed by atoms with Crippen LogP contribution in [-0.4, -0.2) is 155 Å². The number of aliphatic hydroxyl groups is 9. The van der Waals surface area contributed by atoms with Crippen LogP contribution in [-0.2, 0) is 33.3 Å². The molecule has 0 radical (unpaired) electrons. The van der Waals surface area contributed by atoms with E-state index in [9.17, 15) is 60.7 Å². The number of rotatable bonds is 13. The Kier molecular flexibility index (Phi) is 13.0. The Labute approximate surface area is 279 Å². The summed E-state index contributed by atoms with van der Waals surface area (Å²) in [7, 11) is 0. The molecule has 49 heavy (non-hydrogen) atoms. The molecule has 0 spiro atoms. The number of phenols is 2. The number of aromatic hydroxyl groups is 2. The van der Waals surface area contributed by atoms with Gasteiger partial charge in [0.25, 0.3) is 0 Å². The number of carbonyl (C=O) groups excluding carboxylic acids is 2. The van der Waals surface area contributed by atoms with Crippen LogP contribution in [0.1, 0.15) is 18.9 Å². The van der Waals surface area contributed by atoms with Crippen molar-refractivity contribution in [1.82, 2.24) is 0 Å². The molecule has 14 atom stereocenters. The van der Waals surface area contributed by atoms with Crippen LogP contribution in [0.3, 0.4) is 0 Å². The van der Waals surface area contributed by atoms with E-state index < -0.39 is 123 Å². The highest BCUT2D eigenvalue weighted by molar-refractivity contribution is 5.89. The fourth-order valence-electron chi connectivity index (χ4n) is 6.02. The maximum absolute atomic E-state index is 13.2. The first-order valence-corrected chi connectivity index (χ1v) is 15.4. The second-order valence-corrected chi connectivity index (χ2v) is 12.1. The van der Waals surface area contributed by atoms with Crippen molar-refractivity contribution in [2.24, 2.45) is 17.8 Å². The number of hydrogen-bond donors (Lipinski definition) is 11. The van der Waals surface area contributed by atoms with E-state index >= 15 is 0 Å². The summed E-state index contributed by atoms with van der Waals surface area (Å²) in [6, 6.07) is 3.89. The lowest BCUT2D eigenvalue weighted by atomic mass is 9.83. The Balaban J connectivity index is 1.52. The van der Waals surface area contributed by atoms with E-state index in [4.69, 9.17) is 28.8 Å².